The zero-order valence-corrected chi connectivity index (χ0v) is 15.4. The summed E-state index contributed by atoms with van der Waals surface area (Å²) in [4.78, 5) is 38.4. The number of carbonyl (C=O) groups is 2. The Morgan fingerprint density at radius 3 is 2.56 bits per heavy atom. The number of anilines is 3. The normalized spacial score (nSPS) is 12.5. The predicted octanol–water partition coefficient (Wildman–Crippen LogP) is 2.82. The highest BCUT2D eigenvalue weighted by Gasteiger charge is 2.23. The van der Waals surface area contributed by atoms with Crippen LogP contribution in [0.5, 0.6) is 0 Å². The van der Waals surface area contributed by atoms with Crippen molar-refractivity contribution in [1.29, 1.82) is 0 Å². The van der Waals surface area contributed by atoms with Crippen LogP contribution in [-0.2, 0) is 11.2 Å². The summed E-state index contributed by atoms with van der Waals surface area (Å²) < 4.78 is 0. The molecule has 0 bridgehead atoms. The minimum absolute atomic E-state index is 0.0160. The second-order valence-electron chi connectivity index (χ2n) is 6.57. The number of nitrogens with zero attached hydrogens (tertiary/aromatic N) is 3. The zero-order chi connectivity index (χ0) is 19.7. The van der Waals surface area contributed by atoms with Gasteiger partial charge in [0.25, 0.3) is 11.6 Å². The van der Waals surface area contributed by atoms with Crippen LogP contribution in [0.3, 0.4) is 0 Å². The maximum absolute atomic E-state index is 12.8. The molecule has 0 radical (unpaired) electrons. The molecule has 0 aromatic heterocycles. The van der Waals surface area contributed by atoms with E-state index in [4.69, 9.17) is 0 Å². The van der Waals surface area contributed by atoms with Crippen molar-refractivity contribution in [3.63, 3.8) is 0 Å². The van der Waals surface area contributed by atoms with Gasteiger partial charge in [-0.1, -0.05) is 0 Å². The minimum Gasteiger partial charge on any atom is -0.377 e. The highest BCUT2D eigenvalue weighted by atomic mass is 16.6. The number of hydrogen-bond donors (Lipinski definition) is 1. The summed E-state index contributed by atoms with van der Waals surface area (Å²) in [5.74, 6) is -0.443. The van der Waals surface area contributed by atoms with E-state index in [1.54, 1.807) is 42.1 Å². The number of rotatable bonds is 4. The van der Waals surface area contributed by atoms with Crippen molar-refractivity contribution < 1.29 is 14.5 Å². The Morgan fingerprint density at radius 1 is 1.19 bits per heavy atom. The second kappa shape index (κ2) is 7.06. The molecule has 0 unspecified atom stereocenters. The summed E-state index contributed by atoms with van der Waals surface area (Å²) in [6, 6.07) is 9.57. The average Bonchev–Trinajstić information content (AvgIpc) is 3.04. The summed E-state index contributed by atoms with van der Waals surface area (Å²) in [7, 11) is 3.54. The smallest absolute Gasteiger partial charge is 0.270 e. The topological polar surface area (TPSA) is 95.8 Å². The Morgan fingerprint density at radius 2 is 1.93 bits per heavy atom. The number of nitrogens with one attached hydrogen (secondary N) is 1. The molecule has 2 amide bonds. The Labute approximate surface area is 156 Å². The van der Waals surface area contributed by atoms with E-state index < -0.39 is 10.8 Å². The van der Waals surface area contributed by atoms with Crippen LogP contribution in [-0.4, -0.2) is 37.4 Å². The lowest BCUT2D eigenvalue weighted by atomic mass is 10.1. The molecule has 1 aliphatic rings. The number of nitro groups is 1. The van der Waals surface area contributed by atoms with E-state index in [-0.39, 0.29) is 17.2 Å². The number of hydrogen-bond acceptors (Lipinski definition) is 5. The lowest BCUT2D eigenvalue weighted by molar-refractivity contribution is -0.384. The van der Waals surface area contributed by atoms with Gasteiger partial charge >= 0.3 is 0 Å². The molecule has 0 aliphatic carbocycles. The van der Waals surface area contributed by atoms with E-state index in [2.05, 4.69) is 5.32 Å². The molecule has 0 atom stereocenters. The molecule has 2 aromatic rings. The van der Waals surface area contributed by atoms with E-state index >= 15 is 0 Å². The first kappa shape index (κ1) is 18.4. The second-order valence-corrected chi connectivity index (χ2v) is 6.57. The number of nitro benzene ring substituents is 1. The van der Waals surface area contributed by atoms with E-state index in [1.165, 1.54) is 19.1 Å². The zero-order valence-electron chi connectivity index (χ0n) is 15.4. The molecule has 8 heteroatoms. The molecule has 3 rings (SSSR count). The van der Waals surface area contributed by atoms with E-state index in [1.807, 2.05) is 6.07 Å². The molecular formula is C19H20N4O4. The number of carbonyl (C=O) groups excluding carboxylic acids is 2. The van der Waals surface area contributed by atoms with Gasteiger partial charge in [-0.15, -0.1) is 0 Å². The van der Waals surface area contributed by atoms with E-state index in [9.17, 15) is 19.7 Å². The molecule has 0 saturated carbocycles. The third-order valence-corrected chi connectivity index (χ3v) is 4.53. The van der Waals surface area contributed by atoms with Crippen LogP contribution >= 0.6 is 0 Å². The number of fused-ring (bicyclic) bond motifs is 1. The Hall–Kier alpha value is -3.42. The lowest BCUT2D eigenvalue weighted by Gasteiger charge is -2.17. The molecule has 0 saturated heterocycles. The predicted molar refractivity (Wildman–Crippen MR) is 104 cm³/mol. The fourth-order valence-electron chi connectivity index (χ4n) is 3.21. The van der Waals surface area contributed by atoms with Gasteiger partial charge in [0.2, 0.25) is 5.91 Å². The summed E-state index contributed by atoms with van der Waals surface area (Å²) in [6.45, 7) is 2.15. The van der Waals surface area contributed by atoms with Crippen LogP contribution in [0, 0.1) is 10.1 Å². The van der Waals surface area contributed by atoms with Crippen LogP contribution in [0.4, 0.5) is 22.7 Å². The molecule has 8 nitrogen and oxygen atoms in total. The first-order chi connectivity index (χ1) is 12.8. The SMILES string of the molecule is CC(=O)N1CCc2cc(NC(=O)c3cc([N+](=O)[O-])ccc3N(C)C)ccc21. The Balaban J connectivity index is 1.89. The maximum atomic E-state index is 12.8. The molecule has 0 spiro atoms. The van der Waals surface area contributed by atoms with Crippen LogP contribution in [0.1, 0.15) is 22.8 Å². The van der Waals surface area contributed by atoms with Crippen molar-refractivity contribution in [1.82, 2.24) is 0 Å². The molecule has 1 N–H and O–H groups in total. The lowest BCUT2D eigenvalue weighted by Crippen LogP contribution is -2.25. The minimum atomic E-state index is -0.526. The monoisotopic (exact) mass is 368 g/mol. The van der Waals surface area contributed by atoms with Crippen molar-refractivity contribution in [2.24, 2.45) is 0 Å². The summed E-state index contributed by atoms with van der Waals surface area (Å²) in [5, 5.41) is 13.9. The molecule has 2 aromatic carbocycles. The van der Waals surface area contributed by atoms with Gasteiger partial charge in [0.05, 0.1) is 10.5 Å². The van der Waals surface area contributed by atoms with Crippen molar-refractivity contribution >= 4 is 34.6 Å². The standard InChI is InChI=1S/C19H20N4O4/c1-12(24)22-9-8-13-10-14(4-6-17(13)22)20-19(25)16-11-15(23(26)27)5-7-18(16)21(2)3/h4-7,10-11H,8-9H2,1-3H3,(H,20,25). The van der Waals surface area contributed by atoms with Crippen LogP contribution < -0.4 is 15.1 Å². The van der Waals surface area contributed by atoms with Crippen LogP contribution in [0.15, 0.2) is 36.4 Å². The number of benzene rings is 2. The molecule has 1 aliphatic heterocycles. The molecule has 0 fully saturated rings. The van der Waals surface area contributed by atoms with Gasteiger partial charge in [0, 0.05) is 56.8 Å². The van der Waals surface area contributed by atoms with Crippen molar-refractivity contribution in [3.8, 4) is 0 Å². The van der Waals surface area contributed by atoms with Gasteiger partial charge in [-0.2, -0.15) is 0 Å². The van der Waals surface area contributed by atoms with Gasteiger partial charge < -0.3 is 15.1 Å². The fraction of sp³-hybridized carbons (Fsp3) is 0.263. The summed E-state index contributed by atoms with van der Waals surface area (Å²) in [5.41, 5.74) is 3.08. The van der Waals surface area contributed by atoms with Crippen molar-refractivity contribution in [3.05, 3.63) is 57.6 Å². The van der Waals surface area contributed by atoms with Crippen molar-refractivity contribution in [2.75, 3.05) is 35.8 Å². The van der Waals surface area contributed by atoms with E-state index in [0.29, 0.717) is 17.9 Å². The maximum Gasteiger partial charge on any atom is 0.270 e. The van der Waals surface area contributed by atoms with Gasteiger partial charge in [0.15, 0.2) is 0 Å². The van der Waals surface area contributed by atoms with Gasteiger partial charge in [-0.25, -0.2) is 0 Å². The van der Waals surface area contributed by atoms with Crippen molar-refractivity contribution in [2.45, 2.75) is 13.3 Å². The quantitative estimate of drug-likeness (QED) is 0.661. The average molecular weight is 368 g/mol. The van der Waals surface area contributed by atoms with Gasteiger partial charge in [0.1, 0.15) is 0 Å². The number of non-ortho nitro benzene ring substituents is 1. The Bertz CT molecular complexity index is 939. The highest BCUT2D eigenvalue weighted by Crippen LogP contribution is 2.31. The molecule has 1 heterocycles. The third-order valence-electron chi connectivity index (χ3n) is 4.53. The molecule has 140 valence electrons. The van der Waals surface area contributed by atoms with Crippen LogP contribution in [0.25, 0.3) is 0 Å². The summed E-state index contributed by atoms with van der Waals surface area (Å²) >= 11 is 0. The first-order valence-electron chi connectivity index (χ1n) is 8.46. The largest absolute Gasteiger partial charge is 0.377 e. The molecule has 27 heavy (non-hydrogen) atoms. The summed E-state index contributed by atoms with van der Waals surface area (Å²) in [6.07, 6.45) is 0.721. The number of amides is 2. The van der Waals surface area contributed by atoms with Gasteiger partial charge in [-0.05, 0) is 36.2 Å². The van der Waals surface area contributed by atoms with Crippen LogP contribution in [0.2, 0.25) is 0 Å². The highest BCUT2D eigenvalue weighted by molar-refractivity contribution is 6.08. The molecular weight excluding hydrogens is 348 g/mol. The Kier molecular flexibility index (Phi) is 4.81. The fourth-order valence-corrected chi connectivity index (χ4v) is 3.21. The van der Waals surface area contributed by atoms with Gasteiger partial charge in [-0.3, -0.25) is 19.7 Å². The third kappa shape index (κ3) is 3.59. The van der Waals surface area contributed by atoms with E-state index in [0.717, 1.165) is 17.7 Å². The first-order valence-corrected chi connectivity index (χ1v) is 8.46.